The summed E-state index contributed by atoms with van der Waals surface area (Å²) in [5, 5.41) is 20.0. The van der Waals surface area contributed by atoms with Crippen LogP contribution < -0.4 is 0 Å². The van der Waals surface area contributed by atoms with Crippen molar-refractivity contribution in [2.45, 2.75) is 21.9 Å². The molecule has 12 heavy (non-hydrogen) atoms. The van der Waals surface area contributed by atoms with Gasteiger partial charge in [0.2, 0.25) is 0 Å². The lowest BCUT2D eigenvalue weighted by atomic mass is 10.1. The molecule has 0 heterocycles. The Hall–Kier alpha value is 1.84. The molecule has 0 amide bonds. The van der Waals surface area contributed by atoms with E-state index < -0.39 is 12.2 Å². The fraction of sp³-hybridized carbons (Fsp3) is 1.00. The summed E-state index contributed by atoms with van der Waals surface area (Å²) in [6, 6.07) is 0. The first-order chi connectivity index (χ1) is 5.54. The van der Waals surface area contributed by atoms with Gasteiger partial charge in [0.15, 0.2) is 0 Å². The number of aliphatic hydroxyl groups excluding tert-OH is 2. The van der Waals surface area contributed by atoms with Crippen molar-refractivity contribution in [3.63, 3.8) is 0 Å². The molecule has 0 aromatic rings. The van der Waals surface area contributed by atoms with Crippen LogP contribution in [-0.2, 0) is 0 Å². The molecule has 0 spiro atoms. The molecule has 0 bridgehead atoms. The Balaban J connectivity index is 3.99. The van der Waals surface area contributed by atoms with E-state index in [0.29, 0.717) is 10.7 Å². The molecule has 2 N–H and O–H groups in total. The van der Waals surface area contributed by atoms with Gasteiger partial charge in [-0.05, 0) is 0 Å². The molecule has 2 nitrogen and oxygen atoms in total. The first-order valence-electron chi connectivity index (χ1n) is 3.30. The average molecular weight is 434 g/mol. The minimum Gasteiger partial charge on any atom is -0.391 e. The molecular formula is C6H10Br4O2. The van der Waals surface area contributed by atoms with Crippen molar-refractivity contribution in [3.8, 4) is 0 Å². The van der Waals surface area contributed by atoms with Crippen LogP contribution in [0, 0.1) is 0 Å². The molecule has 0 aliphatic rings. The number of halogens is 4. The van der Waals surface area contributed by atoms with Gasteiger partial charge in [0.25, 0.3) is 0 Å². The normalized spacial score (nSPS) is 21.5. The van der Waals surface area contributed by atoms with Gasteiger partial charge in [0, 0.05) is 10.7 Å². The number of hydrogen-bond acceptors (Lipinski definition) is 2. The molecule has 4 atom stereocenters. The second kappa shape index (κ2) is 7.17. The highest BCUT2D eigenvalue weighted by atomic mass is 79.9. The zero-order valence-corrected chi connectivity index (χ0v) is 12.5. The second-order valence-corrected chi connectivity index (χ2v) is 5.86. The minimum absolute atomic E-state index is 0.0597. The molecule has 0 aromatic heterocycles. The SMILES string of the molecule is O[C@H]([C@H](Br)[C@H](O)CBr)[C@@H](Br)CBr. The highest BCUT2D eigenvalue weighted by molar-refractivity contribution is 9.12. The zero-order chi connectivity index (χ0) is 9.72. The van der Waals surface area contributed by atoms with Gasteiger partial charge in [-0.3, -0.25) is 0 Å². The van der Waals surface area contributed by atoms with Gasteiger partial charge in [-0.25, -0.2) is 0 Å². The molecule has 0 aliphatic heterocycles. The third kappa shape index (κ3) is 4.37. The summed E-state index contributed by atoms with van der Waals surface area (Å²) in [6.07, 6.45) is -1.20. The molecule has 6 heteroatoms. The van der Waals surface area contributed by atoms with Gasteiger partial charge in [-0.2, -0.15) is 0 Å². The van der Waals surface area contributed by atoms with E-state index in [1.807, 2.05) is 0 Å². The second-order valence-electron chi connectivity index (χ2n) is 2.33. The fourth-order valence-electron chi connectivity index (χ4n) is 0.603. The van der Waals surface area contributed by atoms with E-state index >= 15 is 0 Å². The molecule has 0 radical (unpaired) electrons. The van der Waals surface area contributed by atoms with Crippen molar-refractivity contribution in [2.24, 2.45) is 0 Å². The fourth-order valence-corrected chi connectivity index (χ4v) is 3.18. The Labute approximate surface area is 106 Å². The van der Waals surface area contributed by atoms with Crippen LogP contribution in [0.25, 0.3) is 0 Å². The van der Waals surface area contributed by atoms with Crippen molar-refractivity contribution in [1.29, 1.82) is 0 Å². The summed E-state index contributed by atoms with van der Waals surface area (Å²) in [7, 11) is 0. The Kier molecular flexibility index (Phi) is 8.27. The van der Waals surface area contributed by atoms with Crippen LogP contribution in [0.15, 0.2) is 0 Å². The molecule has 0 aromatic carbocycles. The van der Waals surface area contributed by atoms with E-state index in [1.54, 1.807) is 0 Å². The lowest BCUT2D eigenvalue weighted by molar-refractivity contribution is 0.107. The molecule has 0 saturated carbocycles. The molecule has 0 unspecified atom stereocenters. The highest BCUT2D eigenvalue weighted by Gasteiger charge is 2.28. The third-order valence-corrected chi connectivity index (χ3v) is 5.62. The van der Waals surface area contributed by atoms with Gasteiger partial charge in [-0.15, -0.1) is 0 Å². The van der Waals surface area contributed by atoms with Gasteiger partial charge in [0.05, 0.1) is 21.9 Å². The van der Waals surface area contributed by atoms with Crippen molar-refractivity contribution in [2.75, 3.05) is 10.7 Å². The van der Waals surface area contributed by atoms with Crippen LogP contribution in [0.2, 0.25) is 0 Å². The van der Waals surface area contributed by atoms with Crippen LogP contribution in [0.1, 0.15) is 0 Å². The van der Waals surface area contributed by atoms with Crippen LogP contribution >= 0.6 is 63.7 Å². The first-order valence-corrected chi connectivity index (χ1v) is 7.38. The van der Waals surface area contributed by atoms with Crippen molar-refractivity contribution in [1.82, 2.24) is 0 Å². The number of aliphatic hydroxyl groups is 2. The van der Waals surface area contributed by atoms with Crippen LogP contribution in [0.5, 0.6) is 0 Å². The zero-order valence-electron chi connectivity index (χ0n) is 6.13. The van der Waals surface area contributed by atoms with E-state index in [0.717, 1.165) is 0 Å². The van der Waals surface area contributed by atoms with Crippen LogP contribution in [0.4, 0.5) is 0 Å². The van der Waals surface area contributed by atoms with Crippen LogP contribution in [0.3, 0.4) is 0 Å². The Bertz CT molecular complexity index is 110. The molecular weight excluding hydrogens is 424 g/mol. The molecule has 74 valence electrons. The van der Waals surface area contributed by atoms with Crippen molar-refractivity contribution < 1.29 is 10.2 Å². The van der Waals surface area contributed by atoms with E-state index in [9.17, 15) is 10.2 Å². The summed E-state index contributed by atoms with van der Waals surface area (Å²) in [5.74, 6) is 0. The maximum atomic E-state index is 9.58. The summed E-state index contributed by atoms with van der Waals surface area (Å²) in [4.78, 5) is -0.380. The Morgan fingerprint density at radius 3 is 1.83 bits per heavy atom. The maximum Gasteiger partial charge on any atom is 0.0823 e. The highest BCUT2D eigenvalue weighted by Crippen LogP contribution is 2.20. The topological polar surface area (TPSA) is 40.5 Å². The number of alkyl halides is 4. The first kappa shape index (κ1) is 13.8. The average Bonchev–Trinajstić information content (AvgIpc) is 2.12. The molecule has 0 saturated heterocycles. The van der Waals surface area contributed by atoms with Gasteiger partial charge < -0.3 is 10.2 Å². The third-order valence-electron chi connectivity index (χ3n) is 1.37. The lowest BCUT2D eigenvalue weighted by Gasteiger charge is -2.23. The van der Waals surface area contributed by atoms with E-state index in [-0.39, 0.29) is 9.65 Å². The number of rotatable bonds is 5. The Morgan fingerprint density at radius 1 is 1.00 bits per heavy atom. The summed E-state index contributed by atoms with van der Waals surface area (Å²) in [6.45, 7) is 0. The molecule has 0 rings (SSSR count). The standard InChI is InChI=1S/C6H10Br4O2/c7-1-3(9)6(12)5(10)4(11)2-8/h3-6,11-12H,1-2H2/t3-,4+,5+,6-/m0/s1. The number of hydrogen-bond donors (Lipinski definition) is 2. The summed E-state index contributed by atoms with van der Waals surface area (Å²) in [5.41, 5.74) is 0. The largest absolute Gasteiger partial charge is 0.391 e. The lowest BCUT2D eigenvalue weighted by Crippen LogP contribution is -2.39. The van der Waals surface area contributed by atoms with Crippen molar-refractivity contribution in [3.05, 3.63) is 0 Å². The molecule has 0 aliphatic carbocycles. The van der Waals surface area contributed by atoms with E-state index in [2.05, 4.69) is 63.7 Å². The van der Waals surface area contributed by atoms with Gasteiger partial charge >= 0.3 is 0 Å². The van der Waals surface area contributed by atoms with Crippen molar-refractivity contribution >= 4 is 63.7 Å². The van der Waals surface area contributed by atoms with Gasteiger partial charge in [0.1, 0.15) is 0 Å². The predicted octanol–water partition coefficient (Wildman–Crippen LogP) is 2.02. The summed E-state index contributed by atoms with van der Waals surface area (Å²) >= 11 is 12.9. The smallest absolute Gasteiger partial charge is 0.0823 e. The van der Waals surface area contributed by atoms with Crippen LogP contribution in [-0.4, -0.2) is 42.7 Å². The predicted molar refractivity (Wildman–Crippen MR) is 65.0 cm³/mol. The summed E-state index contributed by atoms with van der Waals surface area (Å²) < 4.78 is 0. The Morgan fingerprint density at radius 2 is 1.50 bits per heavy atom. The van der Waals surface area contributed by atoms with Gasteiger partial charge in [-0.1, -0.05) is 63.7 Å². The minimum atomic E-state index is -0.614. The maximum absolute atomic E-state index is 9.58. The van der Waals surface area contributed by atoms with E-state index in [4.69, 9.17) is 0 Å². The quantitative estimate of drug-likeness (QED) is 0.651. The molecule has 0 fully saturated rings. The van der Waals surface area contributed by atoms with E-state index in [1.165, 1.54) is 0 Å². The monoisotopic (exact) mass is 430 g/mol.